The molecule has 3 heteroatoms. The summed E-state index contributed by atoms with van der Waals surface area (Å²) in [6.45, 7) is 0. The first kappa shape index (κ1) is 37.2. The van der Waals surface area contributed by atoms with Crippen LogP contribution in [0, 0.1) is 5.92 Å². The van der Waals surface area contributed by atoms with E-state index < -0.39 is 0 Å². The molecule has 0 spiro atoms. The fraction of sp³-hybridized carbons (Fsp3) is 0.148. The maximum atomic E-state index is 7.46. The Hall–Kier alpha value is -7.36. The molecule has 0 N–H and O–H groups in total. The van der Waals surface area contributed by atoms with Crippen LogP contribution in [0.3, 0.4) is 0 Å². The Morgan fingerprint density at radius 2 is 1.39 bits per heavy atom. The van der Waals surface area contributed by atoms with Crippen LogP contribution in [-0.4, -0.2) is 6.04 Å². The molecule has 64 heavy (non-hydrogen) atoms. The van der Waals surface area contributed by atoms with E-state index in [1.54, 1.807) is 0 Å². The van der Waals surface area contributed by atoms with E-state index in [1.807, 2.05) is 6.07 Å². The van der Waals surface area contributed by atoms with Crippen molar-refractivity contribution < 1.29 is 8.83 Å². The SMILES string of the molecule is C1=CCCC(C2(c3ccccc3)C3=C(C=CCC3)c3c2ccc2c3oc3c(N(c4ccc(-c5cccc6c5oc5ccccc56)cc4)C4C=CC(C5C=CC=CC5)=CC4)cccc32)=C1. The van der Waals surface area contributed by atoms with E-state index in [1.165, 1.54) is 39.0 Å². The molecule has 0 bridgehead atoms. The van der Waals surface area contributed by atoms with Gasteiger partial charge in [0.05, 0.1) is 17.1 Å². The number of hydrogen-bond acceptors (Lipinski definition) is 3. The Morgan fingerprint density at radius 1 is 0.578 bits per heavy atom. The smallest absolute Gasteiger partial charge is 0.159 e. The van der Waals surface area contributed by atoms with Gasteiger partial charge in [0.2, 0.25) is 0 Å². The molecule has 0 saturated carbocycles. The molecule has 0 saturated heterocycles. The summed E-state index contributed by atoms with van der Waals surface area (Å²) in [6, 6.07) is 46.7. The third kappa shape index (κ3) is 5.59. The molecule has 308 valence electrons. The van der Waals surface area contributed by atoms with Gasteiger partial charge in [0.1, 0.15) is 16.7 Å². The second kappa shape index (κ2) is 14.9. The molecule has 0 fully saturated rings. The summed E-state index contributed by atoms with van der Waals surface area (Å²) in [5.74, 6) is 0.410. The van der Waals surface area contributed by atoms with Crippen LogP contribution in [0.2, 0.25) is 0 Å². The van der Waals surface area contributed by atoms with Crippen molar-refractivity contribution in [3.63, 3.8) is 0 Å². The van der Waals surface area contributed by atoms with Crippen molar-refractivity contribution in [3.05, 3.63) is 234 Å². The zero-order valence-corrected chi connectivity index (χ0v) is 35.7. The number of furan rings is 2. The third-order valence-electron chi connectivity index (χ3n) is 14.6. The largest absolute Gasteiger partial charge is 0.455 e. The number of hydrogen-bond donors (Lipinski definition) is 0. The van der Waals surface area contributed by atoms with E-state index in [0.29, 0.717) is 5.92 Å². The average molecular weight is 826 g/mol. The minimum atomic E-state index is -0.335. The topological polar surface area (TPSA) is 29.5 Å². The van der Waals surface area contributed by atoms with Crippen LogP contribution in [0.5, 0.6) is 0 Å². The summed E-state index contributed by atoms with van der Waals surface area (Å²) in [7, 11) is 0. The molecule has 6 aromatic carbocycles. The van der Waals surface area contributed by atoms with Crippen LogP contribution in [0.1, 0.15) is 55.2 Å². The van der Waals surface area contributed by atoms with E-state index >= 15 is 0 Å². The van der Waals surface area contributed by atoms with Crippen LogP contribution in [0.4, 0.5) is 11.4 Å². The summed E-state index contributed by atoms with van der Waals surface area (Å²) in [5, 5.41) is 4.59. The molecule has 8 aromatic rings. The van der Waals surface area contributed by atoms with Crippen LogP contribution >= 0.6 is 0 Å². The van der Waals surface area contributed by atoms with E-state index in [2.05, 4.69) is 199 Å². The minimum absolute atomic E-state index is 0.0775. The first-order valence-corrected chi connectivity index (χ1v) is 23.1. The van der Waals surface area contributed by atoms with Gasteiger partial charge in [-0.25, -0.2) is 0 Å². The molecule has 5 aliphatic carbocycles. The van der Waals surface area contributed by atoms with Crippen molar-refractivity contribution in [3.8, 4) is 11.1 Å². The molecule has 0 aliphatic heterocycles. The zero-order chi connectivity index (χ0) is 42.2. The predicted molar refractivity (Wildman–Crippen MR) is 266 cm³/mol. The van der Waals surface area contributed by atoms with Crippen molar-refractivity contribution in [2.45, 2.75) is 50.0 Å². The lowest BCUT2D eigenvalue weighted by Gasteiger charge is -2.39. The van der Waals surface area contributed by atoms with Crippen molar-refractivity contribution in [1.29, 1.82) is 0 Å². The number of anilines is 2. The summed E-state index contributed by atoms with van der Waals surface area (Å²) in [6.07, 6.45) is 34.0. The van der Waals surface area contributed by atoms with Gasteiger partial charge in [-0.15, -0.1) is 0 Å². The van der Waals surface area contributed by atoms with Gasteiger partial charge >= 0.3 is 0 Å². The molecule has 13 rings (SSSR count). The molecule has 0 radical (unpaired) electrons. The maximum Gasteiger partial charge on any atom is 0.159 e. The van der Waals surface area contributed by atoms with Gasteiger partial charge in [-0.3, -0.25) is 0 Å². The predicted octanol–water partition coefficient (Wildman–Crippen LogP) is 16.4. The molecule has 5 aliphatic rings. The standard InChI is InChI=1S/C61H47NO2/c1-4-16-40(17-5-1)41-30-34-45(35-31-41)62(46-36-32-42(33-37-46)47-24-14-25-49-48-22-11-13-29-56(48)63-58(47)49)55-28-15-26-50-51-38-39-54-57(60(51)64-59(50)55)52-23-10-12-27-53(52)61(54,43-18-6-2-7-19-43)44-20-8-3-9-21-44/h1-8,10-11,13-16,18-20,22-26,28-34,36-40,45H,9,12,17,21,27,35H2. The Labute approximate surface area is 373 Å². The Kier molecular flexibility index (Phi) is 8.66. The summed E-state index contributed by atoms with van der Waals surface area (Å²) >= 11 is 0. The number of allylic oxidation sites excluding steroid dienone is 14. The second-order valence-corrected chi connectivity index (χ2v) is 17.9. The highest BCUT2D eigenvalue weighted by Crippen LogP contribution is 2.60. The fourth-order valence-electron chi connectivity index (χ4n) is 11.8. The van der Waals surface area contributed by atoms with Crippen molar-refractivity contribution in [2.24, 2.45) is 5.92 Å². The molecule has 2 heterocycles. The molecule has 3 nitrogen and oxygen atoms in total. The van der Waals surface area contributed by atoms with E-state index in [-0.39, 0.29) is 11.5 Å². The van der Waals surface area contributed by atoms with Crippen LogP contribution in [0.25, 0.3) is 60.6 Å². The normalized spacial score (nSPS) is 21.2. The van der Waals surface area contributed by atoms with Crippen molar-refractivity contribution in [2.75, 3.05) is 4.90 Å². The summed E-state index contributed by atoms with van der Waals surface area (Å²) in [4.78, 5) is 2.51. The molecular weight excluding hydrogens is 779 g/mol. The van der Waals surface area contributed by atoms with Gasteiger partial charge in [-0.1, -0.05) is 182 Å². The van der Waals surface area contributed by atoms with Gasteiger partial charge in [0.15, 0.2) is 5.58 Å². The van der Waals surface area contributed by atoms with E-state index in [4.69, 9.17) is 8.83 Å². The maximum absolute atomic E-state index is 7.46. The zero-order valence-electron chi connectivity index (χ0n) is 35.7. The number of fused-ring (bicyclic) bond motifs is 9. The Bertz CT molecular complexity index is 3450. The van der Waals surface area contributed by atoms with E-state index in [9.17, 15) is 0 Å². The van der Waals surface area contributed by atoms with Gasteiger partial charge in [-0.05, 0) is 96.2 Å². The fourth-order valence-corrected chi connectivity index (χ4v) is 11.8. The number of nitrogens with zero attached hydrogens (tertiary/aromatic N) is 1. The Morgan fingerprint density at radius 3 is 2.22 bits per heavy atom. The van der Waals surface area contributed by atoms with Gasteiger partial charge in [-0.2, -0.15) is 0 Å². The lowest BCUT2D eigenvalue weighted by Crippen LogP contribution is -2.31. The summed E-state index contributed by atoms with van der Waals surface area (Å²) in [5.41, 5.74) is 17.4. The van der Waals surface area contributed by atoms with E-state index in [0.717, 1.165) is 105 Å². The van der Waals surface area contributed by atoms with Gasteiger partial charge < -0.3 is 13.7 Å². The number of rotatable bonds is 7. The lowest BCUT2D eigenvalue weighted by atomic mass is 9.63. The van der Waals surface area contributed by atoms with Crippen LogP contribution in [0.15, 0.2) is 226 Å². The van der Waals surface area contributed by atoms with Gasteiger partial charge in [0.25, 0.3) is 0 Å². The first-order chi connectivity index (χ1) is 31.8. The third-order valence-corrected chi connectivity index (χ3v) is 14.6. The van der Waals surface area contributed by atoms with Crippen LogP contribution < -0.4 is 4.90 Å². The molecule has 3 atom stereocenters. The van der Waals surface area contributed by atoms with Crippen LogP contribution in [-0.2, 0) is 5.41 Å². The quantitative estimate of drug-likeness (QED) is 0.160. The first-order valence-electron chi connectivity index (χ1n) is 23.1. The van der Waals surface area contributed by atoms with Crippen molar-refractivity contribution >= 4 is 60.8 Å². The average Bonchev–Trinajstić information content (AvgIpc) is 4.04. The molecular formula is C61H47NO2. The number of para-hydroxylation sites is 3. The van der Waals surface area contributed by atoms with Crippen molar-refractivity contribution in [1.82, 2.24) is 0 Å². The van der Waals surface area contributed by atoms with Gasteiger partial charge in [0, 0.05) is 44.3 Å². The number of benzene rings is 6. The monoisotopic (exact) mass is 825 g/mol. The minimum Gasteiger partial charge on any atom is -0.455 e. The molecule has 3 unspecified atom stereocenters. The lowest BCUT2D eigenvalue weighted by molar-refractivity contribution is 0.640. The molecule has 0 amide bonds. The highest BCUT2D eigenvalue weighted by molar-refractivity contribution is 6.14. The highest BCUT2D eigenvalue weighted by Gasteiger charge is 2.49. The Balaban J connectivity index is 0.983. The molecule has 2 aromatic heterocycles. The summed E-state index contributed by atoms with van der Waals surface area (Å²) < 4.78 is 14.0. The highest BCUT2D eigenvalue weighted by atomic mass is 16.3. The second-order valence-electron chi connectivity index (χ2n) is 17.9.